The zero-order valence-corrected chi connectivity index (χ0v) is 13.0. The molecule has 0 saturated carbocycles. The van der Waals surface area contributed by atoms with Crippen LogP contribution in [-0.2, 0) is 0 Å². The molecule has 0 spiro atoms. The third kappa shape index (κ3) is 3.37. The minimum absolute atomic E-state index is 0.597. The van der Waals surface area contributed by atoms with Crippen molar-refractivity contribution in [3.05, 3.63) is 51.3 Å². The highest BCUT2D eigenvalue weighted by molar-refractivity contribution is 6.34. The quantitative estimate of drug-likeness (QED) is 0.659. The normalized spacial score (nSPS) is 11.0. The van der Waals surface area contributed by atoms with Crippen molar-refractivity contribution >= 4 is 35.4 Å². The number of aryl methyl sites for hydroxylation is 1. The van der Waals surface area contributed by atoms with Gasteiger partial charge in [-0.15, -0.1) is 0 Å². The van der Waals surface area contributed by atoms with Gasteiger partial charge in [0.05, 0.1) is 16.9 Å². The van der Waals surface area contributed by atoms with Crippen LogP contribution in [0.3, 0.4) is 0 Å². The second kappa shape index (κ2) is 6.20. The summed E-state index contributed by atoms with van der Waals surface area (Å²) in [6.45, 7) is 3.87. The van der Waals surface area contributed by atoms with Crippen LogP contribution >= 0.6 is 23.2 Å². The van der Waals surface area contributed by atoms with E-state index in [1.54, 1.807) is 18.2 Å². The number of benzene rings is 1. The molecule has 0 radical (unpaired) electrons. The van der Waals surface area contributed by atoms with E-state index >= 15 is 0 Å². The maximum atomic E-state index is 10.6. The van der Waals surface area contributed by atoms with Gasteiger partial charge in [-0.25, -0.2) is 10.2 Å². The molecule has 2 rings (SSSR count). The third-order valence-corrected chi connectivity index (χ3v) is 3.55. The van der Waals surface area contributed by atoms with E-state index in [-0.39, 0.29) is 0 Å². The van der Waals surface area contributed by atoms with Crippen LogP contribution in [0.4, 0.5) is 4.79 Å². The third-order valence-electron chi connectivity index (χ3n) is 3.00. The van der Waals surface area contributed by atoms with Crippen molar-refractivity contribution in [1.29, 1.82) is 0 Å². The molecule has 1 aromatic carbocycles. The van der Waals surface area contributed by atoms with E-state index in [0.29, 0.717) is 10.0 Å². The van der Waals surface area contributed by atoms with Crippen LogP contribution in [0.5, 0.6) is 0 Å². The number of rotatable bonds is 3. The monoisotopic (exact) mass is 324 g/mol. The number of amides is 2. The summed E-state index contributed by atoms with van der Waals surface area (Å²) in [7, 11) is 0. The molecule has 0 atom stereocenters. The molecule has 0 bridgehead atoms. The average molecular weight is 325 g/mol. The number of carbonyl (C=O) groups is 1. The van der Waals surface area contributed by atoms with Crippen LogP contribution in [0.1, 0.15) is 17.0 Å². The molecule has 0 fully saturated rings. The molecule has 2 aromatic rings. The molecule has 110 valence electrons. The lowest BCUT2D eigenvalue weighted by Crippen LogP contribution is -2.24. The fourth-order valence-corrected chi connectivity index (χ4v) is 2.48. The molecule has 2 amide bonds. The second-order valence-corrected chi connectivity index (χ2v) is 5.34. The van der Waals surface area contributed by atoms with Crippen molar-refractivity contribution in [3.8, 4) is 5.69 Å². The average Bonchev–Trinajstić information content (AvgIpc) is 2.67. The Morgan fingerprint density at radius 1 is 1.33 bits per heavy atom. The minimum atomic E-state index is -0.710. The lowest BCUT2D eigenvalue weighted by Gasteiger charge is -2.12. The molecule has 21 heavy (non-hydrogen) atoms. The van der Waals surface area contributed by atoms with Crippen LogP contribution in [0.25, 0.3) is 5.69 Å². The number of hydrogen-bond acceptors (Lipinski definition) is 2. The van der Waals surface area contributed by atoms with Gasteiger partial charge in [0.1, 0.15) is 0 Å². The molecular formula is C14H14Cl2N4O. The number of nitrogens with two attached hydrogens (primary N) is 1. The molecule has 0 aliphatic heterocycles. The molecule has 0 aliphatic carbocycles. The van der Waals surface area contributed by atoms with Gasteiger partial charge in [-0.2, -0.15) is 5.10 Å². The fraction of sp³-hybridized carbons (Fsp3) is 0.143. The van der Waals surface area contributed by atoms with Crippen LogP contribution in [0.2, 0.25) is 10.0 Å². The number of nitrogens with zero attached hydrogens (tertiary/aromatic N) is 2. The van der Waals surface area contributed by atoms with Crippen molar-refractivity contribution in [2.75, 3.05) is 0 Å². The molecule has 7 heteroatoms. The molecular weight excluding hydrogens is 311 g/mol. The van der Waals surface area contributed by atoms with Gasteiger partial charge in [-0.3, -0.25) is 0 Å². The Bertz CT molecular complexity index is 722. The van der Waals surface area contributed by atoms with Crippen LogP contribution in [-0.4, -0.2) is 16.8 Å². The van der Waals surface area contributed by atoms with Gasteiger partial charge in [0.2, 0.25) is 0 Å². The van der Waals surface area contributed by atoms with Crippen LogP contribution in [0.15, 0.2) is 29.4 Å². The van der Waals surface area contributed by atoms with Crippen molar-refractivity contribution in [2.45, 2.75) is 13.8 Å². The summed E-state index contributed by atoms with van der Waals surface area (Å²) in [6.07, 6.45) is 1.53. The number of urea groups is 1. The molecule has 3 N–H and O–H groups in total. The first-order valence-electron chi connectivity index (χ1n) is 6.13. The van der Waals surface area contributed by atoms with E-state index < -0.39 is 6.03 Å². The Hall–Kier alpha value is -1.98. The molecule has 1 heterocycles. The molecule has 0 unspecified atom stereocenters. The molecule has 1 aromatic heterocycles. The van der Waals surface area contributed by atoms with Gasteiger partial charge >= 0.3 is 6.03 Å². The van der Waals surface area contributed by atoms with E-state index in [0.717, 1.165) is 22.6 Å². The number of nitrogens with one attached hydrogen (secondary N) is 1. The van der Waals surface area contributed by atoms with Crippen LogP contribution < -0.4 is 11.2 Å². The Labute approximate surface area is 132 Å². The maximum Gasteiger partial charge on any atom is 0.332 e. The van der Waals surface area contributed by atoms with E-state index in [9.17, 15) is 4.79 Å². The molecule has 0 saturated heterocycles. The highest BCUT2D eigenvalue weighted by Crippen LogP contribution is 2.28. The number of aromatic nitrogens is 1. The summed E-state index contributed by atoms with van der Waals surface area (Å²) in [5, 5.41) is 4.97. The summed E-state index contributed by atoms with van der Waals surface area (Å²) >= 11 is 12.3. The van der Waals surface area contributed by atoms with E-state index in [1.807, 2.05) is 24.5 Å². The topological polar surface area (TPSA) is 72.4 Å². The predicted molar refractivity (Wildman–Crippen MR) is 85.6 cm³/mol. The van der Waals surface area contributed by atoms with E-state index in [4.69, 9.17) is 28.9 Å². The van der Waals surface area contributed by atoms with Gasteiger partial charge in [-0.1, -0.05) is 23.2 Å². The Morgan fingerprint density at radius 3 is 2.71 bits per heavy atom. The summed E-state index contributed by atoms with van der Waals surface area (Å²) in [5.74, 6) is 0. The lowest BCUT2D eigenvalue weighted by molar-refractivity contribution is 0.249. The zero-order chi connectivity index (χ0) is 15.6. The number of hydrazone groups is 1. The van der Waals surface area contributed by atoms with Crippen molar-refractivity contribution in [2.24, 2.45) is 10.8 Å². The largest absolute Gasteiger partial charge is 0.350 e. The lowest BCUT2D eigenvalue weighted by atomic mass is 10.2. The Balaban J connectivity index is 2.46. The summed E-state index contributed by atoms with van der Waals surface area (Å²) in [6, 6.07) is 6.50. The van der Waals surface area contributed by atoms with Gasteiger partial charge in [-0.05, 0) is 38.1 Å². The number of primary amides is 1. The number of carbonyl (C=O) groups excluding carboxylic acids is 1. The Morgan fingerprint density at radius 2 is 2.05 bits per heavy atom. The summed E-state index contributed by atoms with van der Waals surface area (Å²) < 4.78 is 1.97. The highest BCUT2D eigenvalue weighted by atomic mass is 35.5. The van der Waals surface area contributed by atoms with Gasteiger partial charge < -0.3 is 10.3 Å². The molecule has 5 nitrogen and oxygen atoms in total. The van der Waals surface area contributed by atoms with Crippen molar-refractivity contribution in [1.82, 2.24) is 9.99 Å². The zero-order valence-electron chi connectivity index (χ0n) is 11.5. The number of halogens is 2. The van der Waals surface area contributed by atoms with Gasteiger partial charge in [0, 0.05) is 22.0 Å². The SMILES string of the molecule is Cc1cc(/C=N\NC(N)=O)c(C)n1-c1cc(Cl)ccc1Cl. The molecule has 0 aliphatic rings. The first-order chi connectivity index (χ1) is 9.90. The fourth-order valence-electron chi connectivity index (χ4n) is 2.11. The summed E-state index contributed by atoms with van der Waals surface area (Å²) in [5.41, 5.74) is 10.6. The summed E-state index contributed by atoms with van der Waals surface area (Å²) in [4.78, 5) is 10.6. The standard InChI is InChI=1S/C14H14Cl2N4O/c1-8-5-10(7-18-19-14(17)21)9(2)20(8)13-6-11(15)3-4-12(13)16/h3-7H,1-2H3,(H3,17,19,21)/b18-7-. The first-order valence-corrected chi connectivity index (χ1v) is 6.88. The van der Waals surface area contributed by atoms with Crippen molar-refractivity contribution in [3.63, 3.8) is 0 Å². The Kier molecular flexibility index (Phi) is 4.55. The highest BCUT2D eigenvalue weighted by Gasteiger charge is 2.12. The minimum Gasteiger partial charge on any atom is -0.350 e. The first kappa shape index (κ1) is 15.4. The second-order valence-electron chi connectivity index (χ2n) is 4.49. The van der Waals surface area contributed by atoms with Crippen molar-refractivity contribution < 1.29 is 4.79 Å². The smallest absolute Gasteiger partial charge is 0.332 e. The van der Waals surface area contributed by atoms with Crippen LogP contribution in [0, 0.1) is 13.8 Å². The van der Waals surface area contributed by atoms with E-state index in [2.05, 4.69) is 10.5 Å². The van der Waals surface area contributed by atoms with Gasteiger partial charge in [0.15, 0.2) is 0 Å². The van der Waals surface area contributed by atoms with E-state index in [1.165, 1.54) is 6.21 Å². The maximum absolute atomic E-state index is 10.6. The predicted octanol–water partition coefficient (Wildman–Crippen LogP) is 3.40. The number of hydrogen-bond donors (Lipinski definition) is 2. The van der Waals surface area contributed by atoms with Gasteiger partial charge in [0.25, 0.3) is 0 Å².